The second-order valence-corrected chi connectivity index (χ2v) is 4.64. The Hall–Kier alpha value is -1.14. The molecule has 7 heteroatoms. The molecule has 1 aliphatic rings. The minimum atomic E-state index is -3.64. The van der Waals surface area contributed by atoms with Crippen LogP contribution in [-0.4, -0.2) is 11.3 Å². The fourth-order valence-corrected chi connectivity index (χ4v) is 2.10. The second-order valence-electron chi connectivity index (χ2n) is 3.40. The summed E-state index contributed by atoms with van der Waals surface area (Å²) in [6, 6.07) is 2.75. The van der Waals surface area contributed by atoms with Gasteiger partial charge in [0.25, 0.3) is 0 Å². The summed E-state index contributed by atoms with van der Waals surface area (Å²) in [5.41, 5.74) is 0.457. The summed E-state index contributed by atoms with van der Waals surface area (Å²) < 4.78 is 35.0. The van der Waals surface area contributed by atoms with E-state index in [0.29, 0.717) is 20.4 Å². The molecule has 0 saturated heterocycles. The van der Waals surface area contributed by atoms with Gasteiger partial charge in [0.2, 0.25) is 0 Å². The molecule has 88 valence electrons. The van der Waals surface area contributed by atoms with Crippen molar-refractivity contribution < 1.29 is 18.3 Å². The summed E-state index contributed by atoms with van der Waals surface area (Å²) in [6.07, 6.45) is -2.14. The van der Waals surface area contributed by atoms with Crippen LogP contribution in [0.2, 0.25) is 5.02 Å². The van der Waals surface area contributed by atoms with Crippen molar-refractivity contribution in [3.05, 3.63) is 27.8 Å². The monoisotopic (exact) mass is 321 g/mol. The average Bonchev–Trinajstić information content (AvgIpc) is 2.54. The standard InChI is InChI=1S/C10H3BrClF2NO2/c11-5-3-15-6-2-8-7(1-4(6)9(5)12)16-10(13,14)17-8/h1-3H. The van der Waals surface area contributed by atoms with Gasteiger partial charge in [0.15, 0.2) is 11.5 Å². The number of alkyl halides is 2. The lowest BCUT2D eigenvalue weighted by Crippen LogP contribution is -2.25. The lowest BCUT2D eigenvalue weighted by molar-refractivity contribution is -0.286. The van der Waals surface area contributed by atoms with Crippen molar-refractivity contribution >= 4 is 38.4 Å². The number of hydrogen-bond acceptors (Lipinski definition) is 3. The Kier molecular flexibility index (Phi) is 2.21. The van der Waals surface area contributed by atoms with Crippen molar-refractivity contribution in [3.8, 4) is 11.5 Å². The molecule has 0 N–H and O–H groups in total. The van der Waals surface area contributed by atoms with E-state index in [1.165, 1.54) is 18.3 Å². The maximum Gasteiger partial charge on any atom is 0.586 e. The van der Waals surface area contributed by atoms with Crippen LogP contribution in [0.25, 0.3) is 10.9 Å². The number of aromatic nitrogens is 1. The van der Waals surface area contributed by atoms with Crippen LogP contribution < -0.4 is 9.47 Å². The Morgan fingerprint density at radius 1 is 1.24 bits per heavy atom. The van der Waals surface area contributed by atoms with E-state index < -0.39 is 6.29 Å². The highest BCUT2D eigenvalue weighted by atomic mass is 79.9. The third kappa shape index (κ3) is 1.71. The van der Waals surface area contributed by atoms with Gasteiger partial charge in [-0.3, -0.25) is 4.98 Å². The van der Waals surface area contributed by atoms with E-state index in [-0.39, 0.29) is 11.5 Å². The Balaban J connectivity index is 2.27. The van der Waals surface area contributed by atoms with Crippen molar-refractivity contribution in [1.82, 2.24) is 4.98 Å². The van der Waals surface area contributed by atoms with E-state index in [1.807, 2.05) is 0 Å². The molecular formula is C10H3BrClF2NO2. The van der Waals surface area contributed by atoms with Crippen LogP contribution in [0.3, 0.4) is 0 Å². The van der Waals surface area contributed by atoms with Crippen molar-refractivity contribution in [2.45, 2.75) is 6.29 Å². The molecule has 0 unspecified atom stereocenters. The molecule has 3 rings (SSSR count). The van der Waals surface area contributed by atoms with Gasteiger partial charge in [-0.25, -0.2) is 0 Å². The van der Waals surface area contributed by atoms with Gasteiger partial charge in [0.05, 0.1) is 15.0 Å². The van der Waals surface area contributed by atoms with Crippen LogP contribution in [0, 0.1) is 0 Å². The normalized spacial score (nSPS) is 16.5. The fraction of sp³-hybridized carbons (Fsp3) is 0.100. The highest BCUT2D eigenvalue weighted by molar-refractivity contribution is 9.10. The smallest absolute Gasteiger partial charge is 0.395 e. The van der Waals surface area contributed by atoms with Gasteiger partial charge in [-0.05, 0) is 22.0 Å². The molecule has 2 heterocycles. The average molecular weight is 322 g/mol. The summed E-state index contributed by atoms with van der Waals surface area (Å²) in [6.45, 7) is 0. The molecule has 0 radical (unpaired) electrons. The molecule has 1 aromatic carbocycles. The first-order valence-electron chi connectivity index (χ1n) is 4.50. The van der Waals surface area contributed by atoms with Gasteiger partial charge in [0.1, 0.15) is 0 Å². The summed E-state index contributed by atoms with van der Waals surface area (Å²) >= 11 is 9.23. The fourth-order valence-electron chi connectivity index (χ4n) is 1.58. The highest BCUT2D eigenvalue weighted by Gasteiger charge is 2.43. The van der Waals surface area contributed by atoms with Crippen molar-refractivity contribution in [2.75, 3.05) is 0 Å². The number of fused-ring (bicyclic) bond motifs is 2. The third-order valence-electron chi connectivity index (χ3n) is 2.28. The minimum absolute atomic E-state index is 0.0478. The van der Waals surface area contributed by atoms with Crippen LogP contribution in [-0.2, 0) is 0 Å². The molecule has 17 heavy (non-hydrogen) atoms. The molecule has 0 atom stereocenters. The third-order valence-corrected chi connectivity index (χ3v) is 3.52. The predicted octanol–water partition coefficient (Wildman–Crippen LogP) is 3.97. The van der Waals surface area contributed by atoms with Gasteiger partial charge >= 0.3 is 6.29 Å². The molecule has 0 bridgehead atoms. The quantitative estimate of drug-likeness (QED) is 0.735. The van der Waals surface area contributed by atoms with Crippen LogP contribution in [0.15, 0.2) is 22.8 Å². The topological polar surface area (TPSA) is 31.4 Å². The molecule has 3 nitrogen and oxygen atoms in total. The van der Waals surface area contributed by atoms with Crippen LogP contribution in [0.4, 0.5) is 8.78 Å². The van der Waals surface area contributed by atoms with E-state index in [1.54, 1.807) is 0 Å². The molecule has 1 aromatic heterocycles. The zero-order valence-electron chi connectivity index (χ0n) is 8.01. The van der Waals surface area contributed by atoms with Gasteiger partial charge < -0.3 is 9.47 Å². The van der Waals surface area contributed by atoms with E-state index >= 15 is 0 Å². The Bertz CT molecular complexity index is 635. The lowest BCUT2D eigenvalue weighted by atomic mass is 10.2. The zero-order chi connectivity index (χ0) is 12.2. The second kappa shape index (κ2) is 3.43. The molecule has 0 aliphatic carbocycles. The predicted molar refractivity (Wildman–Crippen MR) is 60.7 cm³/mol. The number of ether oxygens (including phenoxy) is 2. The van der Waals surface area contributed by atoms with Crippen molar-refractivity contribution in [2.24, 2.45) is 0 Å². The minimum Gasteiger partial charge on any atom is -0.395 e. The van der Waals surface area contributed by atoms with Crippen LogP contribution >= 0.6 is 27.5 Å². The van der Waals surface area contributed by atoms with Crippen molar-refractivity contribution in [1.29, 1.82) is 0 Å². The van der Waals surface area contributed by atoms with E-state index in [0.717, 1.165) is 0 Å². The molecule has 2 aromatic rings. The summed E-state index contributed by atoms with van der Waals surface area (Å²) in [7, 11) is 0. The maximum absolute atomic E-state index is 12.9. The number of rotatable bonds is 0. The highest BCUT2D eigenvalue weighted by Crippen LogP contribution is 2.44. The number of nitrogens with zero attached hydrogens (tertiary/aromatic N) is 1. The van der Waals surface area contributed by atoms with Gasteiger partial charge in [-0.1, -0.05) is 11.6 Å². The summed E-state index contributed by atoms with van der Waals surface area (Å²) in [4.78, 5) is 4.06. The maximum atomic E-state index is 12.9. The number of hydrogen-bond donors (Lipinski definition) is 0. The largest absolute Gasteiger partial charge is 0.586 e. The Morgan fingerprint density at radius 2 is 1.88 bits per heavy atom. The van der Waals surface area contributed by atoms with Gasteiger partial charge in [-0.2, -0.15) is 0 Å². The lowest BCUT2D eigenvalue weighted by Gasteiger charge is -2.04. The molecule has 0 spiro atoms. The number of pyridine rings is 1. The Labute approximate surface area is 107 Å². The first kappa shape index (κ1) is 11.0. The summed E-state index contributed by atoms with van der Waals surface area (Å²) in [5, 5.41) is 0.901. The van der Waals surface area contributed by atoms with Gasteiger partial charge in [0, 0.05) is 17.6 Å². The van der Waals surface area contributed by atoms with E-state index in [9.17, 15) is 8.78 Å². The molecule has 1 aliphatic heterocycles. The number of benzene rings is 1. The van der Waals surface area contributed by atoms with E-state index in [2.05, 4.69) is 30.4 Å². The van der Waals surface area contributed by atoms with Crippen LogP contribution in [0.5, 0.6) is 11.5 Å². The molecule has 0 amide bonds. The first-order valence-corrected chi connectivity index (χ1v) is 5.67. The van der Waals surface area contributed by atoms with E-state index in [4.69, 9.17) is 11.6 Å². The summed E-state index contributed by atoms with van der Waals surface area (Å²) in [5.74, 6) is -0.0994. The molecule has 0 saturated carbocycles. The number of halogens is 4. The zero-order valence-corrected chi connectivity index (χ0v) is 10.3. The SMILES string of the molecule is FC1(F)Oc2cc3ncc(Br)c(Cl)c3cc2O1. The first-order chi connectivity index (χ1) is 7.96. The van der Waals surface area contributed by atoms with Crippen LogP contribution in [0.1, 0.15) is 0 Å². The van der Waals surface area contributed by atoms with Gasteiger partial charge in [-0.15, -0.1) is 8.78 Å². The molecule has 0 fully saturated rings. The van der Waals surface area contributed by atoms with Crippen molar-refractivity contribution in [3.63, 3.8) is 0 Å². The Morgan fingerprint density at radius 3 is 2.59 bits per heavy atom. The molecular weight excluding hydrogens is 319 g/mol.